The molecule has 7 heteroatoms. The zero-order valence-corrected chi connectivity index (χ0v) is 18.2. The Bertz CT molecular complexity index is 1190. The van der Waals surface area contributed by atoms with Crippen LogP contribution >= 0.6 is 11.6 Å². The highest BCUT2D eigenvalue weighted by atomic mass is 35.5. The van der Waals surface area contributed by atoms with Crippen molar-refractivity contribution < 1.29 is 8.42 Å². The summed E-state index contributed by atoms with van der Waals surface area (Å²) in [6.07, 6.45) is 3.88. The van der Waals surface area contributed by atoms with Crippen molar-refractivity contribution in [3.8, 4) is 17.2 Å². The number of hydrogen-bond acceptors (Lipinski definition) is 5. The number of allylic oxidation sites excluding steroid dienone is 3. The molecule has 4 rings (SSSR count). The molecule has 5 nitrogen and oxygen atoms in total. The van der Waals surface area contributed by atoms with Crippen LogP contribution in [0.1, 0.15) is 12.0 Å². The molecular weight excluding hydrogens is 418 g/mol. The molecule has 2 aliphatic rings. The molecule has 0 unspecified atom stereocenters. The Hall–Kier alpha value is -2.59. The Morgan fingerprint density at radius 1 is 1.07 bits per heavy atom. The predicted octanol–water partition coefficient (Wildman–Crippen LogP) is 3.88. The van der Waals surface area contributed by atoms with Gasteiger partial charge < -0.3 is 10.2 Å². The number of hydrogen-bond donors (Lipinski definition) is 1. The van der Waals surface area contributed by atoms with Crippen molar-refractivity contribution in [2.24, 2.45) is 0 Å². The maximum Gasteiger partial charge on any atom is 0.175 e. The van der Waals surface area contributed by atoms with E-state index in [0.29, 0.717) is 5.02 Å². The number of rotatable bonds is 4. The van der Waals surface area contributed by atoms with Gasteiger partial charge in [0, 0.05) is 55.1 Å². The lowest BCUT2D eigenvalue weighted by Crippen LogP contribution is -2.42. The lowest BCUT2D eigenvalue weighted by atomic mass is 9.98. The number of halogens is 1. The number of benzene rings is 2. The van der Waals surface area contributed by atoms with Gasteiger partial charge in [-0.1, -0.05) is 29.8 Å². The third-order valence-corrected chi connectivity index (χ3v) is 7.00. The van der Waals surface area contributed by atoms with E-state index in [1.807, 2.05) is 24.3 Å². The molecule has 0 saturated carbocycles. The molecule has 2 aromatic rings. The van der Waals surface area contributed by atoms with Gasteiger partial charge in [-0.2, -0.15) is 5.26 Å². The lowest BCUT2D eigenvalue weighted by molar-refractivity contribution is 0.295. The van der Waals surface area contributed by atoms with Crippen molar-refractivity contribution >= 4 is 27.0 Å². The summed E-state index contributed by atoms with van der Waals surface area (Å²) in [4.78, 5) is 2.57. The van der Waals surface area contributed by atoms with Crippen LogP contribution in [-0.4, -0.2) is 45.8 Å². The first kappa shape index (κ1) is 20.7. The van der Waals surface area contributed by atoms with E-state index in [4.69, 9.17) is 11.6 Å². The quantitative estimate of drug-likeness (QED) is 0.782. The van der Waals surface area contributed by atoms with Crippen LogP contribution in [0.4, 0.5) is 0 Å². The molecule has 0 atom stereocenters. The summed E-state index contributed by atoms with van der Waals surface area (Å²) < 4.78 is 23.4. The van der Waals surface area contributed by atoms with E-state index in [1.165, 1.54) is 6.26 Å². The van der Waals surface area contributed by atoms with Crippen molar-refractivity contribution in [3.05, 3.63) is 70.4 Å². The largest absolute Gasteiger partial charge is 0.371 e. The van der Waals surface area contributed by atoms with Crippen LogP contribution in [0.15, 0.2) is 64.7 Å². The van der Waals surface area contributed by atoms with E-state index in [-0.39, 0.29) is 4.90 Å². The zero-order valence-electron chi connectivity index (χ0n) is 16.7. The highest BCUT2D eigenvalue weighted by Gasteiger charge is 2.23. The molecule has 1 aliphatic heterocycles. The molecular formula is C23H22ClN3O2S. The summed E-state index contributed by atoms with van der Waals surface area (Å²) in [6, 6.07) is 14.9. The fraction of sp³-hybridized carbons (Fsp3) is 0.261. The first-order chi connectivity index (χ1) is 14.4. The van der Waals surface area contributed by atoms with Gasteiger partial charge in [-0.15, -0.1) is 0 Å². The molecule has 0 amide bonds. The van der Waals surface area contributed by atoms with Crippen LogP contribution in [0, 0.1) is 11.3 Å². The van der Waals surface area contributed by atoms with Crippen LogP contribution in [-0.2, 0) is 9.84 Å². The molecule has 0 radical (unpaired) electrons. The molecule has 0 bridgehead atoms. The molecule has 154 valence electrons. The Kier molecular flexibility index (Phi) is 5.70. The van der Waals surface area contributed by atoms with Gasteiger partial charge in [-0.25, -0.2) is 8.42 Å². The highest BCUT2D eigenvalue weighted by molar-refractivity contribution is 7.90. The molecule has 1 saturated heterocycles. The standard InChI is InChI=1S/C23H22ClN3O2S/c1-30(28,29)20-5-2-16(3-6-20)21-13-17(4-7-22(21)24)18-12-19(15-25)23(14-18)27-10-8-26-9-11-27/h2-7,12-13,26H,8-11,14H2,1H3. The molecule has 1 N–H and O–H groups in total. The van der Waals surface area contributed by atoms with Gasteiger partial charge in [-0.3, -0.25) is 0 Å². The van der Waals surface area contributed by atoms with Gasteiger partial charge >= 0.3 is 0 Å². The molecule has 1 aliphatic carbocycles. The normalized spacial score (nSPS) is 17.1. The molecule has 1 heterocycles. The molecule has 1 fully saturated rings. The smallest absolute Gasteiger partial charge is 0.175 e. The number of sulfone groups is 1. The summed E-state index contributed by atoms with van der Waals surface area (Å²) in [5.41, 5.74) is 5.60. The minimum absolute atomic E-state index is 0.278. The van der Waals surface area contributed by atoms with Crippen molar-refractivity contribution in [2.45, 2.75) is 11.3 Å². The van der Waals surface area contributed by atoms with Crippen molar-refractivity contribution in [2.75, 3.05) is 32.4 Å². The summed E-state index contributed by atoms with van der Waals surface area (Å²) >= 11 is 6.46. The summed E-state index contributed by atoms with van der Waals surface area (Å²) in [7, 11) is -3.25. The van der Waals surface area contributed by atoms with Crippen LogP contribution in [0.5, 0.6) is 0 Å². The Balaban J connectivity index is 1.64. The number of nitrogens with one attached hydrogen (secondary N) is 1. The minimum Gasteiger partial charge on any atom is -0.371 e. The second kappa shape index (κ2) is 8.27. The lowest BCUT2D eigenvalue weighted by Gasteiger charge is -2.31. The zero-order chi connectivity index (χ0) is 21.3. The van der Waals surface area contributed by atoms with Crippen LogP contribution in [0.25, 0.3) is 16.7 Å². The van der Waals surface area contributed by atoms with E-state index >= 15 is 0 Å². The topological polar surface area (TPSA) is 73.2 Å². The number of nitrogens with zero attached hydrogens (tertiary/aromatic N) is 2. The van der Waals surface area contributed by atoms with Gasteiger partial charge in [0.15, 0.2) is 9.84 Å². The summed E-state index contributed by atoms with van der Waals surface area (Å²) in [5.74, 6) is 0. The molecule has 2 aromatic carbocycles. The van der Waals surface area contributed by atoms with E-state index in [0.717, 1.165) is 66.1 Å². The average molecular weight is 440 g/mol. The van der Waals surface area contributed by atoms with Crippen LogP contribution < -0.4 is 5.32 Å². The highest BCUT2D eigenvalue weighted by Crippen LogP contribution is 2.37. The first-order valence-corrected chi connectivity index (χ1v) is 12.0. The average Bonchev–Trinajstić information content (AvgIpc) is 3.19. The maximum absolute atomic E-state index is 11.7. The Morgan fingerprint density at radius 2 is 1.73 bits per heavy atom. The van der Waals surface area contributed by atoms with E-state index < -0.39 is 9.84 Å². The van der Waals surface area contributed by atoms with Gasteiger partial charge in [0.05, 0.1) is 10.5 Å². The second-order valence-electron chi connectivity index (χ2n) is 7.55. The van der Waals surface area contributed by atoms with Crippen LogP contribution in [0.3, 0.4) is 0 Å². The van der Waals surface area contributed by atoms with E-state index in [9.17, 15) is 13.7 Å². The monoisotopic (exact) mass is 439 g/mol. The molecule has 0 spiro atoms. The van der Waals surface area contributed by atoms with Gasteiger partial charge in [0.2, 0.25) is 0 Å². The van der Waals surface area contributed by atoms with Crippen molar-refractivity contribution in [3.63, 3.8) is 0 Å². The van der Waals surface area contributed by atoms with E-state index in [1.54, 1.807) is 24.3 Å². The number of nitriles is 1. The summed E-state index contributed by atoms with van der Waals surface area (Å²) in [5, 5.41) is 13.6. The van der Waals surface area contributed by atoms with Crippen LogP contribution in [0.2, 0.25) is 5.02 Å². The Labute approximate surface area is 182 Å². The molecule has 0 aromatic heterocycles. The molecule has 30 heavy (non-hydrogen) atoms. The maximum atomic E-state index is 11.7. The minimum atomic E-state index is -3.25. The Morgan fingerprint density at radius 3 is 2.37 bits per heavy atom. The van der Waals surface area contributed by atoms with Crippen molar-refractivity contribution in [1.29, 1.82) is 5.26 Å². The SMILES string of the molecule is CS(=O)(=O)c1ccc(-c2cc(C3=CC(C#N)=C(N4CCNCC4)C3)ccc2Cl)cc1. The summed E-state index contributed by atoms with van der Waals surface area (Å²) in [6.45, 7) is 3.65. The van der Waals surface area contributed by atoms with E-state index in [2.05, 4.69) is 16.3 Å². The van der Waals surface area contributed by atoms with Crippen molar-refractivity contribution in [1.82, 2.24) is 10.2 Å². The fourth-order valence-electron chi connectivity index (χ4n) is 3.91. The second-order valence-corrected chi connectivity index (χ2v) is 9.97. The third kappa shape index (κ3) is 4.15. The van der Waals surface area contributed by atoms with Gasteiger partial charge in [0.25, 0.3) is 0 Å². The first-order valence-electron chi connectivity index (χ1n) is 9.77. The van der Waals surface area contributed by atoms with Gasteiger partial charge in [-0.05, 0) is 47.0 Å². The predicted molar refractivity (Wildman–Crippen MR) is 120 cm³/mol. The number of piperazine rings is 1. The van der Waals surface area contributed by atoms with Gasteiger partial charge in [0.1, 0.15) is 6.07 Å². The third-order valence-electron chi connectivity index (χ3n) is 5.54. The fourth-order valence-corrected chi connectivity index (χ4v) is 4.77.